The monoisotopic (exact) mass is 294 g/mol. The zero-order chi connectivity index (χ0) is 15.2. The first-order valence-corrected chi connectivity index (χ1v) is 7.00. The average Bonchev–Trinajstić information content (AvgIpc) is 2.94. The Labute approximate surface area is 124 Å². The number of carbonyl (C=O) groups is 1. The molecule has 0 spiro atoms. The van der Waals surface area contributed by atoms with E-state index < -0.39 is 6.04 Å². The van der Waals surface area contributed by atoms with Crippen molar-refractivity contribution in [2.24, 2.45) is 5.73 Å². The van der Waals surface area contributed by atoms with Gasteiger partial charge in [0.25, 0.3) is 0 Å². The number of nitrogens with two attached hydrogens (primary N) is 1. The summed E-state index contributed by atoms with van der Waals surface area (Å²) in [5, 5.41) is 0. The number of carbonyl (C=O) groups excluding carboxylic acids is 1. The Kier molecular flexibility index (Phi) is 5.41. The summed E-state index contributed by atoms with van der Waals surface area (Å²) in [7, 11) is 3.39. The predicted molar refractivity (Wildman–Crippen MR) is 78.1 cm³/mol. The molecule has 2 rings (SSSR count). The van der Waals surface area contributed by atoms with Gasteiger partial charge in [0.1, 0.15) is 0 Å². The molecular weight excluding hydrogens is 272 g/mol. The third-order valence-electron chi connectivity index (χ3n) is 3.41. The second kappa shape index (κ2) is 7.28. The van der Waals surface area contributed by atoms with E-state index in [0.717, 1.165) is 23.5 Å². The normalized spacial score (nSPS) is 14.0. The molecule has 1 aliphatic rings. The lowest BCUT2D eigenvalue weighted by atomic mass is 10.1. The van der Waals surface area contributed by atoms with E-state index in [1.54, 1.807) is 19.1 Å². The molecule has 0 aromatic heterocycles. The molecule has 1 aromatic rings. The summed E-state index contributed by atoms with van der Waals surface area (Å²) in [6, 6.07) is 5.18. The van der Waals surface area contributed by atoms with E-state index in [0.29, 0.717) is 19.6 Å². The summed E-state index contributed by atoms with van der Waals surface area (Å²) in [5.41, 5.74) is 6.90. The highest BCUT2D eigenvalue weighted by Crippen LogP contribution is 2.32. The second-order valence-electron chi connectivity index (χ2n) is 5.12. The lowest BCUT2D eigenvalue weighted by Gasteiger charge is -2.21. The van der Waals surface area contributed by atoms with Gasteiger partial charge in [-0.25, -0.2) is 0 Å². The number of fused-ring (bicyclic) bond motifs is 1. The van der Waals surface area contributed by atoms with Crippen molar-refractivity contribution < 1.29 is 19.0 Å². The molecular formula is C15H22N2O4. The largest absolute Gasteiger partial charge is 0.454 e. The van der Waals surface area contributed by atoms with E-state index >= 15 is 0 Å². The molecule has 0 fully saturated rings. The number of benzene rings is 1. The van der Waals surface area contributed by atoms with Crippen LogP contribution in [0.1, 0.15) is 18.4 Å². The molecule has 6 nitrogen and oxygen atoms in total. The highest BCUT2D eigenvalue weighted by atomic mass is 16.7. The fourth-order valence-electron chi connectivity index (χ4n) is 2.25. The molecule has 1 aromatic carbocycles. The van der Waals surface area contributed by atoms with Crippen molar-refractivity contribution in [2.75, 3.05) is 27.6 Å². The number of amides is 1. The van der Waals surface area contributed by atoms with Crippen LogP contribution in [0.25, 0.3) is 0 Å². The molecule has 0 saturated carbocycles. The summed E-state index contributed by atoms with van der Waals surface area (Å²) in [6.07, 6.45) is 1.40. The summed E-state index contributed by atoms with van der Waals surface area (Å²) < 4.78 is 15.6. The van der Waals surface area contributed by atoms with E-state index in [4.69, 9.17) is 19.9 Å². The summed E-state index contributed by atoms with van der Waals surface area (Å²) in [6.45, 7) is 1.36. The minimum atomic E-state index is -0.487. The Morgan fingerprint density at radius 2 is 2.19 bits per heavy atom. The van der Waals surface area contributed by atoms with Crippen LogP contribution in [0.5, 0.6) is 11.5 Å². The van der Waals surface area contributed by atoms with Gasteiger partial charge in [-0.1, -0.05) is 6.07 Å². The quantitative estimate of drug-likeness (QED) is 0.763. The van der Waals surface area contributed by atoms with Gasteiger partial charge in [0.05, 0.1) is 6.04 Å². The van der Waals surface area contributed by atoms with Crippen LogP contribution in [0.4, 0.5) is 0 Å². The molecule has 0 saturated heterocycles. The third kappa shape index (κ3) is 4.09. The number of likely N-dealkylation sites (N-methyl/N-ethyl adjacent to an activating group) is 1. The van der Waals surface area contributed by atoms with Crippen LogP contribution >= 0.6 is 0 Å². The summed E-state index contributed by atoms with van der Waals surface area (Å²) in [4.78, 5) is 13.8. The van der Waals surface area contributed by atoms with Gasteiger partial charge in [-0.2, -0.15) is 0 Å². The van der Waals surface area contributed by atoms with Crippen LogP contribution in [-0.2, 0) is 16.1 Å². The van der Waals surface area contributed by atoms with Gasteiger partial charge in [0.2, 0.25) is 12.7 Å². The SMILES string of the molecule is COCCCC(N)C(=O)N(C)Cc1ccc2c(c1)OCO2. The molecule has 1 aliphatic heterocycles. The van der Waals surface area contributed by atoms with Crippen molar-refractivity contribution in [3.05, 3.63) is 23.8 Å². The van der Waals surface area contributed by atoms with Crippen molar-refractivity contribution in [3.63, 3.8) is 0 Å². The smallest absolute Gasteiger partial charge is 0.239 e. The molecule has 2 N–H and O–H groups in total. The first-order valence-electron chi connectivity index (χ1n) is 7.00. The topological polar surface area (TPSA) is 74.0 Å². The summed E-state index contributed by atoms with van der Waals surface area (Å²) >= 11 is 0. The average molecular weight is 294 g/mol. The molecule has 6 heteroatoms. The van der Waals surface area contributed by atoms with Crippen molar-refractivity contribution in [3.8, 4) is 11.5 Å². The molecule has 0 radical (unpaired) electrons. The van der Waals surface area contributed by atoms with Crippen LogP contribution < -0.4 is 15.2 Å². The van der Waals surface area contributed by atoms with Crippen LogP contribution in [-0.4, -0.2) is 44.4 Å². The lowest BCUT2D eigenvalue weighted by Crippen LogP contribution is -2.41. The second-order valence-corrected chi connectivity index (χ2v) is 5.12. The van der Waals surface area contributed by atoms with Gasteiger partial charge in [0.15, 0.2) is 11.5 Å². The van der Waals surface area contributed by atoms with Gasteiger partial charge in [0, 0.05) is 27.3 Å². The maximum atomic E-state index is 12.2. The van der Waals surface area contributed by atoms with Crippen LogP contribution in [0, 0.1) is 0 Å². The summed E-state index contributed by atoms with van der Waals surface area (Å²) in [5.74, 6) is 1.39. The zero-order valence-electron chi connectivity index (χ0n) is 12.5. The molecule has 1 amide bonds. The fraction of sp³-hybridized carbons (Fsp3) is 0.533. The number of rotatable bonds is 7. The molecule has 116 valence electrons. The van der Waals surface area contributed by atoms with Crippen molar-refractivity contribution >= 4 is 5.91 Å². The maximum absolute atomic E-state index is 12.2. The van der Waals surface area contributed by atoms with Gasteiger partial charge >= 0.3 is 0 Å². The van der Waals surface area contributed by atoms with Gasteiger partial charge in [-0.3, -0.25) is 4.79 Å². The van der Waals surface area contributed by atoms with E-state index in [9.17, 15) is 4.79 Å². The minimum absolute atomic E-state index is 0.0660. The number of hydrogen-bond acceptors (Lipinski definition) is 5. The number of nitrogens with zero attached hydrogens (tertiary/aromatic N) is 1. The van der Waals surface area contributed by atoms with E-state index in [1.165, 1.54) is 0 Å². The molecule has 0 aliphatic carbocycles. The number of hydrogen-bond donors (Lipinski definition) is 1. The standard InChI is InChI=1S/C15H22N2O4/c1-17(15(18)12(16)4-3-7-19-2)9-11-5-6-13-14(8-11)21-10-20-13/h5-6,8,12H,3-4,7,9-10,16H2,1-2H3. The Morgan fingerprint density at radius 3 is 2.95 bits per heavy atom. The molecule has 0 bridgehead atoms. The zero-order valence-corrected chi connectivity index (χ0v) is 12.5. The van der Waals surface area contributed by atoms with Gasteiger partial charge in [-0.15, -0.1) is 0 Å². The van der Waals surface area contributed by atoms with Crippen LogP contribution in [0.15, 0.2) is 18.2 Å². The predicted octanol–water partition coefficient (Wildman–Crippen LogP) is 1.13. The maximum Gasteiger partial charge on any atom is 0.239 e. The molecule has 1 heterocycles. The first kappa shape index (κ1) is 15.6. The van der Waals surface area contributed by atoms with Gasteiger partial charge in [-0.05, 0) is 30.5 Å². The van der Waals surface area contributed by atoms with Crippen molar-refractivity contribution in [2.45, 2.75) is 25.4 Å². The Balaban J connectivity index is 1.88. The first-order chi connectivity index (χ1) is 10.1. The highest BCUT2D eigenvalue weighted by molar-refractivity contribution is 5.81. The fourth-order valence-corrected chi connectivity index (χ4v) is 2.25. The van der Waals surface area contributed by atoms with Gasteiger partial charge < -0.3 is 24.8 Å². The van der Waals surface area contributed by atoms with Crippen molar-refractivity contribution in [1.29, 1.82) is 0 Å². The Hall–Kier alpha value is -1.79. The third-order valence-corrected chi connectivity index (χ3v) is 3.41. The number of methoxy groups -OCH3 is 1. The van der Waals surface area contributed by atoms with Crippen molar-refractivity contribution in [1.82, 2.24) is 4.90 Å². The van der Waals surface area contributed by atoms with E-state index in [-0.39, 0.29) is 12.7 Å². The molecule has 1 atom stereocenters. The molecule has 1 unspecified atom stereocenters. The van der Waals surface area contributed by atoms with E-state index in [2.05, 4.69) is 0 Å². The van der Waals surface area contributed by atoms with Crippen LogP contribution in [0.3, 0.4) is 0 Å². The Morgan fingerprint density at radius 1 is 1.43 bits per heavy atom. The Bertz CT molecular complexity index is 493. The minimum Gasteiger partial charge on any atom is -0.454 e. The highest BCUT2D eigenvalue weighted by Gasteiger charge is 2.19. The molecule has 21 heavy (non-hydrogen) atoms. The van der Waals surface area contributed by atoms with Crippen LogP contribution in [0.2, 0.25) is 0 Å². The lowest BCUT2D eigenvalue weighted by molar-refractivity contribution is -0.132. The number of ether oxygens (including phenoxy) is 3. The van der Waals surface area contributed by atoms with E-state index in [1.807, 2.05) is 18.2 Å².